The Morgan fingerprint density at radius 2 is 1.81 bits per heavy atom. The summed E-state index contributed by atoms with van der Waals surface area (Å²) in [6.45, 7) is 8.74. The van der Waals surface area contributed by atoms with Crippen LogP contribution in [-0.4, -0.2) is 72.9 Å². The van der Waals surface area contributed by atoms with Crippen LogP contribution in [0.15, 0.2) is 10.6 Å². The first-order valence-electron chi connectivity index (χ1n) is 11.5. The van der Waals surface area contributed by atoms with Gasteiger partial charge in [-0.25, -0.2) is 0 Å². The molecule has 1 aliphatic carbocycles. The summed E-state index contributed by atoms with van der Waals surface area (Å²) in [7, 11) is -3.49. The van der Waals surface area contributed by atoms with Gasteiger partial charge in [-0.2, -0.15) is 17.0 Å². The number of nitrogens with zero attached hydrogens (tertiary/aromatic N) is 3. The molecule has 9 nitrogen and oxygen atoms in total. The van der Waals surface area contributed by atoms with Crippen LogP contribution in [0, 0.1) is 11.8 Å². The smallest absolute Gasteiger partial charge is 0.282 e. The third-order valence-corrected chi connectivity index (χ3v) is 8.40. The predicted molar refractivity (Wildman–Crippen MR) is 117 cm³/mol. The molecule has 0 radical (unpaired) electrons. The van der Waals surface area contributed by atoms with Crippen molar-refractivity contribution < 1.29 is 17.7 Å². The Labute approximate surface area is 185 Å². The third-order valence-electron chi connectivity index (χ3n) is 6.46. The van der Waals surface area contributed by atoms with E-state index in [1.165, 1.54) is 0 Å². The fourth-order valence-corrected chi connectivity index (χ4v) is 6.72. The summed E-state index contributed by atoms with van der Waals surface area (Å²) in [6.07, 6.45) is 3.65. The molecule has 1 aromatic heterocycles. The van der Waals surface area contributed by atoms with E-state index in [9.17, 15) is 13.2 Å². The largest absolute Gasteiger partial charge is 0.360 e. The second kappa shape index (κ2) is 9.17. The third kappa shape index (κ3) is 5.47. The van der Waals surface area contributed by atoms with Crippen LogP contribution in [0.1, 0.15) is 68.6 Å². The molecule has 3 fully saturated rings. The number of hydrogen-bond donors (Lipinski definition) is 2. The van der Waals surface area contributed by atoms with Gasteiger partial charge in [-0.1, -0.05) is 19.0 Å². The monoisotopic (exact) mass is 453 g/mol. The van der Waals surface area contributed by atoms with E-state index < -0.39 is 10.2 Å². The summed E-state index contributed by atoms with van der Waals surface area (Å²) in [5, 5.41) is 10.3. The summed E-state index contributed by atoms with van der Waals surface area (Å²) in [5.41, 5.74) is 0.335. The van der Waals surface area contributed by atoms with Gasteiger partial charge in [0.1, 0.15) is 5.76 Å². The van der Waals surface area contributed by atoms with Crippen LogP contribution in [0.3, 0.4) is 0 Å². The van der Waals surface area contributed by atoms with Gasteiger partial charge in [0, 0.05) is 56.8 Å². The lowest BCUT2D eigenvalue weighted by Gasteiger charge is -2.39. The van der Waals surface area contributed by atoms with E-state index in [-0.39, 0.29) is 29.8 Å². The number of carbonyl (C=O) groups excluding carboxylic acids is 1. The van der Waals surface area contributed by atoms with Crippen LogP contribution in [0.5, 0.6) is 0 Å². The Bertz CT molecular complexity index is 870. The first-order chi connectivity index (χ1) is 14.7. The Hall–Kier alpha value is -1.49. The summed E-state index contributed by atoms with van der Waals surface area (Å²) in [6, 6.07) is 1.90. The van der Waals surface area contributed by atoms with Crippen LogP contribution in [0.25, 0.3) is 0 Å². The molecule has 4 atom stereocenters. The van der Waals surface area contributed by atoms with Crippen molar-refractivity contribution in [2.24, 2.45) is 11.8 Å². The summed E-state index contributed by atoms with van der Waals surface area (Å²) < 4.78 is 35.1. The number of carbonyl (C=O) groups is 1. The minimum Gasteiger partial charge on any atom is -0.360 e. The molecule has 3 aliphatic rings. The van der Waals surface area contributed by atoms with Crippen molar-refractivity contribution in [3.63, 3.8) is 0 Å². The fourth-order valence-electron chi connectivity index (χ4n) is 4.78. The second-order valence-electron chi connectivity index (χ2n) is 9.78. The van der Waals surface area contributed by atoms with E-state index in [1.807, 2.05) is 6.92 Å². The molecule has 10 heteroatoms. The van der Waals surface area contributed by atoms with E-state index in [0.717, 1.165) is 31.4 Å². The predicted octanol–water partition coefficient (Wildman–Crippen LogP) is 1.56. The summed E-state index contributed by atoms with van der Waals surface area (Å²) >= 11 is 0. The van der Waals surface area contributed by atoms with Crippen molar-refractivity contribution in [1.82, 2.24) is 24.4 Å². The lowest BCUT2D eigenvalue weighted by atomic mass is 9.91. The zero-order valence-electron chi connectivity index (χ0n) is 18.7. The molecule has 2 aliphatic heterocycles. The Morgan fingerprint density at radius 3 is 2.42 bits per heavy atom. The molecule has 0 aromatic carbocycles. The minimum absolute atomic E-state index is 0.0114. The molecule has 0 spiro atoms. The molecular formula is C21H35N5O4S. The van der Waals surface area contributed by atoms with Gasteiger partial charge in [-0.3, -0.25) is 4.79 Å². The SMILES string of the molecule is CC1CN(S(=O)(=O)N2C[C@H](C)CC(NC(=O)c3cc(C4CC4)on3)C[C@H](C)C2)CCN1. The summed E-state index contributed by atoms with van der Waals surface area (Å²) in [5.74, 6) is 1.27. The van der Waals surface area contributed by atoms with Crippen LogP contribution >= 0.6 is 0 Å². The van der Waals surface area contributed by atoms with Crippen LogP contribution < -0.4 is 10.6 Å². The second-order valence-corrected chi connectivity index (χ2v) is 11.7. The van der Waals surface area contributed by atoms with Crippen molar-refractivity contribution in [2.75, 3.05) is 32.7 Å². The van der Waals surface area contributed by atoms with Crippen molar-refractivity contribution >= 4 is 16.1 Å². The highest BCUT2D eigenvalue weighted by Crippen LogP contribution is 2.40. The normalized spacial score (nSPS) is 31.7. The molecule has 1 amide bonds. The number of aromatic nitrogens is 1. The molecular weight excluding hydrogens is 418 g/mol. The van der Waals surface area contributed by atoms with E-state index in [1.54, 1.807) is 14.7 Å². The maximum absolute atomic E-state index is 13.3. The van der Waals surface area contributed by atoms with Gasteiger partial charge < -0.3 is 15.2 Å². The highest BCUT2D eigenvalue weighted by Gasteiger charge is 2.36. The molecule has 2 N–H and O–H groups in total. The van der Waals surface area contributed by atoms with Crippen molar-refractivity contribution in [2.45, 2.75) is 64.5 Å². The number of nitrogens with one attached hydrogen (secondary N) is 2. The lowest BCUT2D eigenvalue weighted by molar-refractivity contribution is 0.0907. The molecule has 0 bridgehead atoms. The molecule has 174 valence electrons. The standard InChI is InChI=1S/C21H35N5O4S/c1-14-8-18(23-21(27)19-10-20(30-24-19)17-4-5-17)9-15(2)12-26(11-14)31(28,29)25-7-6-22-16(3)13-25/h10,14-18,22H,4-9,11-13H2,1-3H3,(H,23,27)/t14-,15+,16?,18?. The zero-order chi connectivity index (χ0) is 22.2. The first kappa shape index (κ1) is 22.7. The average molecular weight is 454 g/mol. The molecule has 4 rings (SSSR count). The quantitative estimate of drug-likeness (QED) is 0.701. The number of amides is 1. The molecule has 1 saturated carbocycles. The highest BCUT2D eigenvalue weighted by molar-refractivity contribution is 7.86. The van der Waals surface area contributed by atoms with Crippen LogP contribution in [0.2, 0.25) is 0 Å². The first-order valence-corrected chi connectivity index (χ1v) is 12.9. The molecule has 2 unspecified atom stereocenters. The van der Waals surface area contributed by atoms with Crippen molar-refractivity contribution in [3.05, 3.63) is 17.5 Å². The van der Waals surface area contributed by atoms with Gasteiger partial charge in [0.2, 0.25) is 0 Å². The van der Waals surface area contributed by atoms with E-state index in [4.69, 9.17) is 4.52 Å². The fraction of sp³-hybridized carbons (Fsp3) is 0.810. The lowest BCUT2D eigenvalue weighted by Crippen LogP contribution is -2.56. The maximum atomic E-state index is 13.3. The van der Waals surface area contributed by atoms with Crippen molar-refractivity contribution in [3.8, 4) is 0 Å². The molecule has 2 saturated heterocycles. The topological polar surface area (TPSA) is 108 Å². The Kier molecular flexibility index (Phi) is 6.71. The maximum Gasteiger partial charge on any atom is 0.282 e. The Morgan fingerprint density at radius 1 is 1.13 bits per heavy atom. The van der Waals surface area contributed by atoms with Crippen LogP contribution in [0.4, 0.5) is 0 Å². The number of piperazine rings is 1. The van der Waals surface area contributed by atoms with Crippen molar-refractivity contribution in [1.29, 1.82) is 0 Å². The van der Waals surface area contributed by atoms with E-state index >= 15 is 0 Å². The summed E-state index contributed by atoms with van der Waals surface area (Å²) in [4.78, 5) is 12.7. The van der Waals surface area contributed by atoms with E-state index in [0.29, 0.717) is 44.3 Å². The van der Waals surface area contributed by atoms with Gasteiger partial charge in [0.25, 0.3) is 16.1 Å². The average Bonchev–Trinajstić information content (AvgIpc) is 3.42. The van der Waals surface area contributed by atoms with Crippen LogP contribution in [-0.2, 0) is 10.2 Å². The van der Waals surface area contributed by atoms with Gasteiger partial charge >= 0.3 is 0 Å². The van der Waals surface area contributed by atoms with Gasteiger partial charge in [-0.05, 0) is 44.4 Å². The minimum atomic E-state index is -3.49. The van der Waals surface area contributed by atoms with Gasteiger partial charge in [0.15, 0.2) is 5.69 Å². The number of hydrogen-bond acceptors (Lipinski definition) is 6. The Balaban J connectivity index is 1.38. The molecule has 31 heavy (non-hydrogen) atoms. The van der Waals surface area contributed by atoms with Gasteiger partial charge in [0.05, 0.1) is 0 Å². The molecule has 1 aromatic rings. The van der Waals surface area contributed by atoms with E-state index in [2.05, 4.69) is 29.6 Å². The van der Waals surface area contributed by atoms with Gasteiger partial charge in [-0.15, -0.1) is 0 Å². The molecule has 3 heterocycles. The highest BCUT2D eigenvalue weighted by atomic mass is 32.2. The zero-order valence-corrected chi connectivity index (χ0v) is 19.5. The number of rotatable bonds is 5.